The van der Waals surface area contributed by atoms with E-state index in [0.29, 0.717) is 24.8 Å². The van der Waals surface area contributed by atoms with Crippen molar-refractivity contribution in [3.8, 4) is 11.6 Å². The molecular weight excluding hydrogens is 264 g/mol. The van der Waals surface area contributed by atoms with Gasteiger partial charge in [0.15, 0.2) is 0 Å². The van der Waals surface area contributed by atoms with Gasteiger partial charge in [-0.2, -0.15) is 0 Å². The van der Waals surface area contributed by atoms with E-state index in [2.05, 4.69) is 10.3 Å². The number of nitrogens with zero attached hydrogens (tertiary/aromatic N) is 1. The summed E-state index contributed by atoms with van der Waals surface area (Å²) in [7, 11) is 0. The number of hydrogen-bond acceptors (Lipinski definition) is 3. The summed E-state index contributed by atoms with van der Waals surface area (Å²) in [5, 5.41) is 2.90. The largest absolute Gasteiger partial charge is 0.439 e. The van der Waals surface area contributed by atoms with Crippen LogP contribution in [0.2, 0.25) is 0 Å². The van der Waals surface area contributed by atoms with Crippen molar-refractivity contribution >= 4 is 5.91 Å². The molecule has 2 rings (SSSR count). The first kappa shape index (κ1) is 15.0. The van der Waals surface area contributed by atoms with Gasteiger partial charge in [0.2, 0.25) is 11.8 Å². The number of hydrogen-bond donors (Lipinski definition) is 1. The van der Waals surface area contributed by atoms with Crippen LogP contribution in [0, 0.1) is 5.92 Å². The van der Waals surface area contributed by atoms with Crippen molar-refractivity contribution in [2.45, 2.75) is 26.8 Å². The maximum absolute atomic E-state index is 11.6. The third-order valence-electron chi connectivity index (χ3n) is 2.85. The Morgan fingerprint density at radius 1 is 1.24 bits per heavy atom. The van der Waals surface area contributed by atoms with Crippen molar-refractivity contribution in [2.75, 3.05) is 0 Å². The Hall–Kier alpha value is -2.36. The van der Waals surface area contributed by atoms with Crippen molar-refractivity contribution in [3.05, 3.63) is 54.2 Å². The molecule has 1 aromatic carbocycles. The number of nitrogens with one attached hydrogen (secondary N) is 1. The van der Waals surface area contributed by atoms with Gasteiger partial charge < -0.3 is 10.1 Å². The molecule has 0 atom stereocenters. The van der Waals surface area contributed by atoms with Crippen LogP contribution in [0.25, 0.3) is 0 Å². The Balaban J connectivity index is 1.93. The predicted octanol–water partition coefficient (Wildman–Crippen LogP) is 3.54. The Bertz CT molecular complexity index is 582. The molecule has 4 heteroatoms. The Morgan fingerprint density at radius 2 is 2.00 bits per heavy atom. The van der Waals surface area contributed by atoms with E-state index in [4.69, 9.17) is 4.74 Å². The first-order valence-electron chi connectivity index (χ1n) is 7.08. The Labute approximate surface area is 125 Å². The number of ether oxygens (including phenoxy) is 1. The van der Waals surface area contributed by atoms with E-state index in [1.54, 1.807) is 6.20 Å². The first-order valence-corrected chi connectivity index (χ1v) is 7.08. The molecule has 4 nitrogen and oxygen atoms in total. The summed E-state index contributed by atoms with van der Waals surface area (Å²) in [6.45, 7) is 4.54. The fourth-order valence-electron chi connectivity index (χ4n) is 1.87. The molecule has 2 aromatic rings. The van der Waals surface area contributed by atoms with Crippen LogP contribution in [0.3, 0.4) is 0 Å². The first-order chi connectivity index (χ1) is 10.1. The van der Waals surface area contributed by atoms with Gasteiger partial charge in [0.25, 0.3) is 0 Å². The highest BCUT2D eigenvalue weighted by Crippen LogP contribution is 2.19. The second-order valence-corrected chi connectivity index (χ2v) is 5.29. The van der Waals surface area contributed by atoms with Crippen LogP contribution < -0.4 is 10.1 Å². The van der Waals surface area contributed by atoms with E-state index in [9.17, 15) is 4.79 Å². The quantitative estimate of drug-likeness (QED) is 0.882. The van der Waals surface area contributed by atoms with Gasteiger partial charge in [-0.1, -0.05) is 32.0 Å². The van der Waals surface area contributed by atoms with Crippen LogP contribution in [0.5, 0.6) is 11.6 Å². The Morgan fingerprint density at radius 3 is 2.71 bits per heavy atom. The lowest BCUT2D eigenvalue weighted by Crippen LogP contribution is -2.23. The van der Waals surface area contributed by atoms with Gasteiger partial charge >= 0.3 is 0 Å². The molecule has 110 valence electrons. The second-order valence-electron chi connectivity index (χ2n) is 5.29. The topological polar surface area (TPSA) is 51.2 Å². The lowest BCUT2D eigenvalue weighted by atomic mass is 10.1. The summed E-state index contributed by atoms with van der Waals surface area (Å²) >= 11 is 0. The smallest absolute Gasteiger partial charge is 0.220 e. The fraction of sp³-hybridized carbons (Fsp3) is 0.294. The van der Waals surface area contributed by atoms with E-state index in [1.165, 1.54) is 0 Å². The number of rotatable bonds is 6. The standard InChI is InChI=1S/C17H20N2O2/c1-13(2)10-16(20)19-12-14-8-9-18-17(11-14)21-15-6-4-3-5-7-15/h3-9,11,13H,10,12H2,1-2H3,(H,19,20). The van der Waals surface area contributed by atoms with Crippen molar-refractivity contribution in [3.63, 3.8) is 0 Å². The van der Waals surface area contributed by atoms with Crippen LogP contribution >= 0.6 is 0 Å². The molecule has 0 saturated heterocycles. The average molecular weight is 284 g/mol. The van der Waals surface area contributed by atoms with Gasteiger partial charge in [-0.3, -0.25) is 4.79 Å². The number of benzene rings is 1. The van der Waals surface area contributed by atoms with Crippen LogP contribution in [0.4, 0.5) is 0 Å². The van der Waals surface area contributed by atoms with Crippen molar-refractivity contribution in [2.24, 2.45) is 5.92 Å². The minimum absolute atomic E-state index is 0.0624. The van der Waals surface area contributed by atoms with Crippen LogP contribution in [-0.4, -0.2) is 10.9 Å². The zero-order valence-corrected chi connectivity index (χ0v) is 12.4. The molecule has 0 spiro atoms. The Kier molecular flexibility index (Phi) is 5.32. The molecule has 0 radical (unpaired) electrons. The van der Waals surface area contributed by atoms with E-state index in [0.717, 1.165) is 11.3 Å². The maximum Gasteiger partial charge on any atom is 0.220 e. The highest BCUT2D eigenvalue weighted by molar-refractivity contribution is 5.76. The highest BCUT2D eigenvalue weighted by Gasteiger charge is 2.05. The van der Waals surface area contributed by atoms with Crippen molar-refractivity contribution < 1.29 is 9.53 Å². The summed E-state index contributed by atoms with van der Waals surface area (Å²) in [4.78, 5) is 15.8. The molecule has 1 N–H and O–H groups in total. The molecular formula is C17H20N2O2. The van der Waals surface area contributed by atoms with Crippen LogP contribution in [0.1, 0.15) is 25.8 Å². The van der Waals surface area contributed by atoms with Crippen molar-refractivity contribution in [1.82, 2.24) is 10.3 Å². The molecule has 0 unspecified atom stereocenters. The van der Waals surface area contributed by atoms with Gasteiger partial charge in [0.1, 0.15) is 5.75 Å². The van der Waals surface area contributed by atoms with E-state index >= 15 is 0 Å². The van der Waals surface area contributed by atoms with Gasteiger partial charge in [-0.05, 0) is 29.7 Å². The normalized spacial score (nSPS) is 10.4. The SMILES string of the molecule is CC(C)CC(=O)NCc1ccnc(Oc2ccccc2)c1. The highest BCUT2D eigenvalue weighted by atomic mass is 16.5. The summed E-state index contributed by atoms with van der Waals surface area (Å²) in [5.41, 5.74) is 0.966. The van der Waals surface area contributed by atoms with Gasteiger partial charge in [0, 0.05) is 25.2 Å². The number of carbonyl (C=O) groups excluding carboxylic acids is 1. The van der Waals surface area contributed by atoms with E-state index < -0.39 is 0 Å². The number of para-hydroxylation sites is 1. The van der Waals surface area contributed by atoms with E-state index in [-0.39, 0.29) is 5.91 Å². The minimum atomic E-state index is 0.0624. The molecule has 1 amide bonds. The summed E-state index contributed by atoms with van der Waals surface area (Å²) in [5.74, 6) is 1.69. The molecule has 1 aromatic heterocycles. The zero-order valence-electron chi connectivity index (χ0n) is 12.4. The molecule has 0 fully saturated rings. The second kappa shape index (κ2) is 7.43. The van der Waals surface area contributed by atoms with Crippen LogP contribution in [0.15, 0.2) is 48.7 Å². The lowest BCUT2D eigenvalue weighted by molar-refractivity contribution is -0.121. The third-order valence-corrected chi connectivity index (χ3v) is 2.85. The molecule has 0 bridgehead atoms. The van der Waals surface area contributed by atoms with E-state index in [1.807, 2.05) is 56.3 Å². The number of aromatic nitrogens is 1. The molecule has 21 heavy (non-hydrogen) atoms. The number of pyridine rings is 1. The number of amides is 1. The minimum Gasteiger partial charge on any atom is -0.439 e. The molecule has 0 aliphatic heterocycles. The van der Waals surface area contributed by atoms with Gasteiger partial charge in [-0.25, -0.2) is 4.98 Å². The summed E-state index contributed by atoms with van der Waals surface area (Å²) in [6.07, 6.45) is 2.22. The van der Waals surface area contributed by atoms with Crippen LogP contribution in [-0.2, 0) is 11.3 Å². The monoisotopic (exact) mass is 284 g/mol. The van der Waals surface area contributed by atoms with Gasteiger partial charge in [0.05, 0.1) is 0 Å². The maximum atomic E-state index is 11.6. The van der Waals surface area contributed by atoms with Crippen molar-refractivity contribution in [1.29, 1.82) is 0 Å². The third kappa shape index (κ3) is 5.26. The summed E-state index contributed by atoms with van der Waals surface area (Å²) in [6, 6.07) is 13.2. The molecule has 0 saturated carbocycles. The van der Waals surface area contributed by atoms with Gasteiger partial charge in [-0.15, -0.1) is 0 Å². The summed E-state index contributed by atoms with van der Waals surface area (Å²) < 4.78 is 5.67. The molecule has 0 aliphatic carbocycles. The predicted molar refractivity (Wildman–Crippen MR) is 82.1 cm³/mol. The fourth-order valence-corrected chi connectivity index (χ4v) is 1.87. The number of carbonyl (C=O) groups is 1. The average Bonchev–Trinajstić information content (AvgIpc) is 2.46. The zero-order chi connectivity index (χ0) is 15.1. The molecule has 0 aliphatic rings. The lowest BCUT2D eigenvalue weighted by Gasteiger charge is -2.09. The molecule has 1 heterocycles.